The minimum absolute atomic E-state index is 0.352. The van der Waals surface area contributed by atoms with E-state index in [2.05, 4.69) is 25.6 Å². The number of anilines is 3. The normalized spacial score (nSPS) is 10.6. The first-order valence-electron chi connectivity index (χ1n) is 9.86. The van der Waals surface area contributed by atoms with Crippen LogP contribution in [-0.2, 0) is 13.0 Å². The predicted octanol–water partition coefficient (Wildman–Crippen LogP) is 4.40. The van der Waals surface area contributed by atoms with Gasteiger partial charge >= 0.3 is 6.03 Å². The van der Waals surface area contributed by atoms with Crippen LogP contribution in [0, 0.1) is 0 Å². The zero-order valence-electron chi connectivity index (χ0n) is 17.0. The molecule has 0 saturated heterocycles. The topological polar surface area (TPSA) is 115 Å². The molecule has 0 atom stereocenters. The Morgan fingerprint density at radius 3 is 2.71 bits per heavy atom. The number of carbonyl (C=O) groups is 1. The van der Waals surface area contributed by atoms with Gasteiger partial charge in [-0.3, -0.25) is 4.98 Å². The Bertz CT molecular complexity index is 1230. The molecule has 8 heteroatoms. The van der Waals surface area contributed by atoms with E-state index in [-0.39, 0.29) is 0 Å². The Hall–Kier alpha value is -4.20. The number of benzene rings is 2. The summed E-state index contributed by atoms with van der Waals surface area (Å²) in [5, 5.41) is 7.56. The van der Waals surface area contributed by atoms with Gasteiger partial charge in [-0.1, -0.05) is 31.2 Å². The number of primary amides is 1. The molecule has 8 nitrogen and oxygen atoms in total. The molecule has 0 fully saturated rings. The minimum Gasteiger partial charge on any atom is -0.488 e. The number of aryl methyl sites for hydroxylation is 1. The van der Waals surface area contributed by atoms with Crippen LogP contribution in [0.2, 0.25) is 0 Å². The fraction of sp³-hybridized carbons (Fsp3) is 0.130. The van der Waals surface area contributed by atoms with E-state index in [4.69, 9.17) is 10.5 Å². The van der Waals surface area contributed by atoms with Crippen molar-refractivity contribution in [3.05, 3.63) is 78.4 Å². The van der Waals surface area contributed by atoms with Crippen molar-refractivity contribution in [2.75, 3.05) is 10.6 Å². The number of fused-ring (bicyclic) bond motifs is 1. The fourth-order valence-corrected chi connectivity index (χ4v) is 3.20. The largest absolute Gasteiger partial charge is 0.488 e. The van der Waals surface area contributed by atoms with Gasteiger partial charge in [-0.15, -0.1) is 0 Å². The van der Waals surface area contributed by atoms with Crippen molar-refractivity contribution in [2.24, 2.45) is 5.73 Å². The van der Waals surface area contributed by atoms with E-state index in [1.807, 2.05) is 49.4 Å². The minimum atomic E-state index is -0.607. The highest BCUT2D eigenvalue weighted by Gasteiger charge is 2.09. The number of pyridine rings is 1. The van der Waals surface area contributed by atoms with E-state index in [0.717, 1.165) is 28.5 Å². The van der Waals surface area contributed by atoms with E-state index < -0.39 is 6.03 Å². The maximum absolute atomic E-state index is 11.3. The summed E-state index contributed by atoms with van der Waals surface area (Å²) in [6, 6.07) is 14.5. The second-order valence-corrected chi connectivity index (χ2v) is 6.86. The molecule has 156 valence electrons. The van der Waals surface area contributed by atoms with Crippen molar-refractivity contribution in [2.45, 2.75) is 20.0 Å². The predicted molar refractivity (Wildman–Crippen MR) is 120 cm³/mol. The summed E-state index contributed by atoms with van der Waals surface area (Å²) in [5.41, 5.74) is 7.77. The Balaban J connectivity index is 1.51. The van der Waals surface area contributed by atoms with Gasteiger partial charge in [0.2, 0.25) is 0 Å². The summed E-state index contributed by atoms with van der Waals surface area (Å²) >= 11 is 0. The molecule has 2 amide bonds. The number of hydrogen-bond donors (Lipinski definition) is 3. The molecule has 4 aromatic rings. The number of aromatic nitrogens is 3. The Morgan fingerprint density at radius 2 is 1.90 bits per heavy atom. The number of urea groups is 1. The zero-order valence-corrected chi connectivity index (χ0v) is 17.0. The smallest absolute Gasteiger partial charge is 0.316 e. The van der Waals surface area contributed by atoms with Gasteiger partial charge in [0, 0.05) is 23.2 Å². The number of ether oxygens (including phenoxy) is 1. The summed E-state index contributed by atoms with van der Waals surface area (Å²) in [6.07, 6.45) is 5.94. The number of hydrogen-bond acceptors (Lipinski definition) is 6. The molecule has 0 aliphatic rings. The number of carbonyl (C=O) groups excluding carboxylic acids is 1. The average Bonchev–Trinajstić information content (AvgIpc) is 2.79. The molecule has 2 heterocycles. The molecule has 0 aliphatic carbocycles. The van der Waals surface area contributed by atoms with Gasteiger partial charge in [0.05, 0.1) is 17.6 Å². The van der Waals surface area contributed by atoms with Gasteiger partial charge in [-0.25, -0.2) is 14.8 Å². The Labute approximate surface area is 179 Å². The Kier molecular flexibility index (Phi) is 5.89. The lowest BCUT2D eigenvalue weighted by molar-refractivity contribution is 0.259. The van der Waals surface area contributed by atoms with Crippen LogP contribution in [0.3, 0.4) is 0 Å². The SMILES string of the molecule is CCc1cncc(Nc2cc(COc3ccc(NC(N)=O)c4ccccc34)ccn2)n1. The van der Waals surface area contributed by atoms with E-state index in [9.17, 15) is 4.79 Å². The number of nitrogens with one attached hydrogen (secondary N) is 2. The first-order chi connectivity index (χ1) is 15.1. The lowest BCUT2D eigenvalue weighted by Gasteiger charge is -2.13. The van der Waals surface area contributed by atoms with Gasteiger partial charge in [0.1, 0.15) is 24.0 Å². The third-order valence-electron chi connectivity index (χ3n) is 4.66. The van der Waals surface area contributed by atoms with Gasteiger partial charge in [-0.2, -0.15) is 0 Å². The summed E-state index contributed by atoms with van der Waals surface area (Å²) in [5.74, 6) is 2.02. The first-order valence-corrected chi connectivity index (χ1v) is 9.86. The van der Waals surface area contributed by atoms with Crippen molar-refractivity contribution in [3.63, 3.8) is 0 Å². The van der Waals surface area contributed by atoms with Crippen LogP contribution >= 0.6 is 0 Å². The maximum Gasteiger partial charge on any atom is 0.316 e. The molecule has 0 radical (unpaired) electrons. The second kappa shape index (κ2) is 9.08. The van der Waals surface area contributed by atoms with Crippen molar-refractivity contribution < 1.29 is 9.53 Å². The number of rotatable bonds is 7. The average molecular weight is 414 g/mol. The van der Waals surface area contributed by atoms with Crippen molar-refractivity contribution in [1.82, 2.24) is 15.0 Å². The maximum atomic E-state index is 11.3. The lowest BCUT2D eigenvalue weighted by atomic mass is 10.1. The first kappa shape index (κ1) is 20.1. The lowest BCUT2D eigenvalue weighted by Crippen LogP contribution is -2.19. The van der Waals surface area contributed by atoms with E-state index in [1.54, 1.807) is 24.7 Å². The van der Waals surface area contributed by atoms with Gasteiger partial charge in [-0.05, 0) is 36.2 Å². The van der Waals surface area contributed by atoms with Crippen LogP contribution in [-0.4, -0.2) is 21.0 Å². The van der Waals surface area contributed by atoms with Crippen molar-refractivity contribution in [3.8, 4) is 5.75 Å². The molecule has 31 heavy (non-hydrogen) atoms. The molecule has 0 spiro atoms. The van der Waals surface area contributed by atoms with Crippen LogP contribution in [0.1, 0.15) is 18.2 Å². The third kappa shape index (κ3) is 4.87. The van der Waals surface area contributed by atoms with E-state index >= 15 is 0 Å². The van der Waals surface area contributed by atoms with Gasteiger partial charge in [0.25, 0.3) is 0 Å². The zero-order chi connectivity index (χ0) is 21.6. The highest BCUT2D eigenvalue weighted by atomic mass is 16.5. The van der Waals surface area contributed by atoms with Crippen molar-refractivity contribution in [1.29, 1.82) is 0 Å². The monoisotopic (exact) mass is 414 g/mol. The summed E-state index contributed by atoms with van der Waals surface area (Å²) in [4.78, 5) is 24.3. The summed E-state index contributed by atoms with van der Waals surface area (Å²) in [7, 11) is 0. The van der Waals surface area contributed by atoms with Crippen LogP contribution in [0.4, 0.5) is 22.1 Å². The molecule has 0 bridgehead atoms. The van der Waals surface area contributed by atoms with Crippen LogP contribution < -0.4 is 21.1 Å². The third-order valence-corrected chi connectivity index (χ3v) is 4.66. The summed E-state index contributed by atoms with van der Waals surface area (Å²) in [6.45, 7) is 2.38. The molecular formula is C23H22N6O2. The molecule has 0 aliphatic heterocycles. The van der Waals surface area contributed by atoms with Crippen LogP contribution in [0.5, 0.6) is 5.75 Å². The standard InChI is InChI=1S/C23H22N6O2/c1-2-16-12-25-13-22(27-16)29-21-11-15(9-10-26-21)14-31-20-8-7-19(28-23(24)30)17-5-3-4-6-18(17)20/h3-13H,2,14H2,1H3,(H3,24,28,30)(H,26,27,29). The number of amides is 2. The molecule has 4 rings (SSSR count). The molecule has 2 aromatic carbocycles. The fourth-order valence-electron chi connectivity index (χ4n) is 3.20. The molecular weight excluding hydrogens is 392 g/mol. The second-order valence-electron chi connectivity index (χ2n) is 6.86. The van der Waals surface area contributed by atoms with E-state index in [1.165, 1.54) is 0 Å². The highest BCUT2D eigenvalue weighted by molar-refractivity contribution is 6.03. The Morgan fingerprint density at radius 1 is 1.06 bits per heavy atom. The number of nitrogens with two attached hydrogens (primary N) is 1. The quantitative estimate of drug-likeness (QED) is 0.413. The van der Waals surface area contributed by atoms with Crippen LogP contribution in [0.25, 0.3) is 10.8 Å². The molecule has 4 N–H and O–H groups in total. The summed E-state index contributed by atoms with van der Waals surface area (Å²) < 4.78 is 6.08. The van der Waals surface area contributed by atoms with Gasteiger partial charge < -0.3 is 21.1 Å². The van der Waals surface area contributed by atoms with Crippen LogP contribution in [0.15, 0.2) is 67.1 Å². The van der Waals surface area contributed by atoms with E-state index in [0.29, 0.717) is 29.7 Å². The highest BCUT2D eigenvalue weighted by Crippen LogP contribution is 2.32. The number of nitrogens with zero attached hydrogens (tertiary/aromatic N) is 3. The molecule has 0 saturated carbocycles. The molecule has 0 unspecified atom stereocenters. The van der Waals surface area contributed by atoms with Gasteiger partial charge in [0.15, 0.2) is 0 Å². The van der Waals surface area contributed by atoms with Crippen molar-refractivity contribution >= 4 is 34.1 Å². The molecule has 2 aromatic heterocycles.